The summed E-state index contributed by atoms with van der Waals surface area (Å²) >= 11 is 0. The molecular formula is C17H27N3O3. The highest BCUT2D eigenvalue weighted by molar-refractivity contribution is 5.78. The number of likely N-dealkylation sites (N-methyl/N-ethyl adjacent to an activating group) is 1. The first-order valence-corrected chi connectivity index (χ1v) is 7.91. The maximum Gasteiger partial charge on any atom is 0.234 e. The molecule has 1 N–H and O–H groups in total. The first-order chi connectivity index (χ1) is 11.0. The second-order valence-electron chi connectivity index (χ2n) is 6.09. The predicted molar refractivity (Wildman–Crippen MR) is 90.1 cm³/mol. The van der Waals surface area contributed by atoms with Crippen LogP contribution in [0.2, 0.25) is 0 Å². The van der Waals surface area contributed by atoms with Gasteiger partial charge in [0.05, 0.1) is 20.8 Å². The lowest BCUT2D eigenvalue weighted by Crippen LogP contribution is -2.41. The van der Waals surface area contributed by atoms with Crippen LogP contribution in [0.3, 0.4) is 0 Å². The van der Waals surface area contributed by atoms with Crippen molar-refractivity contribution in [2.45, 2.75) is 13.0 Å². The van der Waals surface area contributed by atoms with Crippen molar-refractivity contribution in [1.82, 2.24) is 15.1 Å². The normalized spacial score (nSPS) is 14.5. The number of nitrogens with one attached hydrogen (secondary N) is 1. The zero-order valence-corrected chi connectivity index (χ0v) is 14.5. The SMILES string of the molecule is COc1cc2c(cc1OC)CN(CC(=O)NCCN(C)C)CC2. The Bertz CT molecular complexity index is 546. The Morgan fingerprint density at radius 1 is 1.22 bits per heavy atom. The van der Waals surface area contributed by atoms with E-state index in [1.165, 1.54) is 11.1 Å². The number of amides is 1. The molecule has 1 heterocycles. The van der Waals surface area contributed by atoms with Gasteiger partial charge in [-0.1, -0.05) is 0 Å². The number of ether oxygens (including phenoxy) is 2. The number of methoxy groups -OCH3 is 2. The summed E-state index contributed by atoms with van der Waals surface area (Å²) in [5.74, 6) is 1.58. The number of benzene rings is 1. The molecule has 0 fully saturated rings. The van der Waals surface area contributed by atoms with Crippen LogP contribution in [0.5, 0.6) is 11.5 Å². The Balaban J connectivity index is 1.93. The Hall–Kier alpha value is -1.79. The van der Waals surface area contributed by atoms with Crippen molar-refractivity contribution < 1.29 is 14.3 Å². The van der Waals surface area contributed by atoms with Crippen molar-refractivity contribution in [2.75, 3.05) is 54.5 Å². The fraction of sp³-hybridized carbons (Fsp3) is 0.588. The van der Waals surface area contributed by atoms with E-state index in [1.807, 2.05) is 26.2 Å². The van der Waals surface area contributed by atoms with Gasteiger partial charge in [0.25, 0.3) is 0 Å². The molecule has 0 spiro atoms. The van der Waals surface area contributed by atoms with Crippen molar-refractivity contribution in [2.24, 2.45) is 0 Å². The largest absolute Gasteiger partial charge is 0.493 e. The number of rotatable bonds is 7. The molecule has 23 heavy (non-hydrogen) atoms. The monoisotopic (exact) mass is 321 g/mol. The van der Waals surface area contributed by atoms with Crippen LogP contribution >= 0.6 is 0 Å². The molecule has 0 atom stereocenters. The molecule has 1 aliphatic rings. The third-order valence-corrected chi connectivity index (χ3v) is 4.05. The van der Waals surface area contributed by atoms with Gasteiger partial charge in [0, 0.05) is 26.2 Å². The van der Waals surface area contributed by atoms with Gasteiger partial charge in [0.1, 0.15) is 0 Å². The molecule has 0 bridgehead atoms. The molecule has 1 aliphatic heterocycles. The van der Waals surface area contributed by atoms with Crippen LogP contribution in [-0.4, -0.2) is 70.2 Å². The van der Waals surface area contributed by atoms with E-state index < -0.39 is 0 Å². The smallest absolute Gasteiger partial charge is 0.234 e. The molecule has 6 nitrogen and oxygen atoms in total. The van der Waals surface area contributed by atoms with Gasteiger partial charge in [-0.05, 0) is 43.8 Å². The Morgan fingerprint density at radius 3 is 2.48 bits per heavy atom. The van der Waals surface area contributed by atoms with Crippen LogP contribution < -0.4 is 14.8 Å². The minimum Gasteiger partial charge on any atom is -0.493 e. The molecule has 0 radical (unpaired) electrons. The van der Waals surface area contributed by atoms with E-state index >= 15 is 0 Å². The number of hydrogen-bond acceptors (Lipinski definition) is 5. The molecule has 1 aromatic rings. The molecule has 6 heteroatoms. The summed E-state index contributed by atoms with van der Waals surface area (Å²) in [6, 6.07) is 4.06. The van der Waals surface area contributed by atoms with Gasteiger partial charge in [-0.2, -0.15) is 0 Å². The lowest BCUT2D eigenvalue weighted by Gasteiger charge is -2.29. The Morgan fingerprint density at radius 2 is 1.87 bits per heavy atom. The highest BCUT2D eigenvalue weighted by Crippen LogP contribution is 2.33. The molecule has 0 aliphatic carbocycles. The van der Waals surface area contributed by atoms with Gasteiger partial charge in [-0.3, -0.25) is 9.69 Å². The van der Waals surface area contributed by atoms with Crippen molar-refractivity contribution in [3.05, 3.63) is 23.3 Å². The summed E-state index contributed by atoms with van der Waals surface area (Å²) in [7, 11) is 7.28. The minimum absolute atomic E-state index is 0.0794. The number of fused-ring (bicyclic) bond motifs is 1. The molecule has 128 valence electrons. The van der Waals surface area contributed by atoms with Crippen molar-refractivity contribution in [3.63, 3.8) is 0 Å². The van der Waals surface area contributed by atoms with E-state index in [0.717, 1.165) is 37.6 Å². The molecule has 0 saturated carbocycles. The van der Waals surface area contributed by atoms with E-state index in [9.17, 15) is 4.79 Å². The molecular weight excluding hydrogens is 294 g/mol. The summed E-state index contributed by atoms with van der Waals surface area (Å²) < 4.78 is 10.7. The third-order valence-electron chi connectivity index (χ3n) is 4.05. The maximum atomic E-state index is 12.0. The van der Waals surface area contributed by atoms with Crippen LogP contribution in [0.25, 0.3) is 0 Å². The molecule has 0 saturated heterocycles. The van der Waals surface area contributed by atoms with Crippen molar-refractivity contribution >= 4 is 5.91 Å². The zero-order chi connectivity index (χ0) is 16.8. The number of carbonyl (C=O) groups is 1. The second kappa shape index (κ2) is 8.17. The standard InChI is InChI=1S/C17H27N3O3/c1-19(2)8-6-18-17(21)12-20-7-5-13-9-15(22-3)16(23-4)10-14(13)11-20/h9-10H,5-8,11-12H2,1-4H3,(H,18,21). The molecule has 1 aromatic carbocycles. The fourth-order valence-corrected chi connectivity index (χ4v) is 2.75. The highest BCUT2D eigenvalue weighted by atomic mass is 16.5. The van der Waals surface area contributed by atoms with Crippen molar-refractivity contribution in [1.29, 1.82) is 0 Å². The average molecular weight is 321 g/mol. The topological polar surface area (TPSA) is 54.0 Å². The van der Waals surface area contributed by atoms with Crippen LogP contribution in [0.1, 0.15) is 11.1 Å². The average Bonchev–Trinajstić information content (AvgIpc) is 2.53. The maximum absolute atomic E-state index is 12.0. The fourth-order valence-electron chi connectivity index (χ4n) is 2.75. The summed E-state index contributed by atoms with van der Waals surface area (Å²) in [6.07, 6.45) is 0.917. The van der Waals surface area contributed by atoms with E-state index in [-0.39, 0.29) is 5.91 Å². The van der Waals surface area contributed by atoms with E-state index in [2.05, 4.69) is 15.1 Å². The summed E-state index contributed by atoms with van der Waals surface area (Å²) in [6.45, 7) is 3.61. The van der Waals surface area contributed by atoms with Crippen LogP contribution in [0, 0.1) is 0 Å². The van der Waals surface area contributed by atoms with Gasteiger partial charge in [0.15, 0.2) is 11.5 Å². The number of hydrogen-bond donors (Lipinski definition) is 1. The van der Waals surface area contributed by atoms with Crippen LogP contribution in [0.4, 0.5) is 0 Å². The second-order valence-corrected chi connectivity index (χ2v) is 6.09. The molecule has 0 unspecified atom stereocenters. The van der Waals surface area contributed by atoms with E-state index in [0.29, 0.717) is 13.1 Å². The predicted octanol–water partition coefficient (Wildman–Crippen LogP) is 0.740. The molecule has 1 amide bonds. The van der Waals surface area contributed by atoms with Gasteiger partial charge in [0.2, 0.25) is 5.91 Å². The van der Waals surface area contributed by atoms with Gasteiger partial charge >= 0.3 is 0 Å². The first-order valence-electron chi connectivity index (χ1n) is 7.91. The quantitative estimate of drug-likeness (QED) is 0.803. The van der Waals surface area contributed by atoms with Crippen LogP contribution in [0.15, 0.2) is 12.1 Å². The number of carbonyl (C=O) groups excluding carboxylic acids is 1. The van der Waals surface area contributed by atoms with E-state index in [1.54, 1.807) is 14.2 Å². The lowest BCUT2D eigenvalue weighted by molar-refractivity contribution is -0.122. The lowest BCUT2D eigenvalue weighted by atomic mass is 9.99. The minimum atomic E-state index is 0.0794. The molecule has 0 aromatic heterocycles. The Labute approximate surface area is 138 Å². The summed E-state index contributed by atoms with van der Waals surface area (Å²) in [5, 5.41) is 2.96. The number of nitrogens with zero attached hydrogens (tertiary/aromatic N) is 2. The highest BCUT2D eigenvalue weighted by Gasteiger charge is 2.20. The van der Waals surface area contributed by atoms with E-state index in [4.69, 9.17) is 9.47 Å². The first kappa shape index (κ1) is 17.6. The van der Waals surface area contributed by atoms with Gasteiger partial charge in [-0.25, -0.2) is 0 Å². The summed E-state index contributed by atoms with van der Waals surface area (Å²) in [4.78, 5) is 16.2. The van der Waals surface area contributed by atoms with Gasteiger partial charge < -0.3 is 19.7 Å². The third kappa shape index (κ3) is 4.84. The van der Waals surface area contributed by atoms with Crippen molar-refractivity contribution in [3.8, 4) is 11.5 Å². The summed E-state index contributed by atoms with van der Waals surface area (Å²) in [5.41, 5.74) is 2.47. The Kier molecular flexibility index (Phi) is 6.24. The zero-order valence-electron chi connectivity index (χ0n) is 14.5. The molecule has 2 rings (SSSR count). The van der Waals surface area contributed by atoms with Gasteiger partial charge in [-0.15, -0.1) is 0 Å². The van der Waals surface area contributed by atoms with Crippen LogP contribution in [-0.2, 0) is 17.8 Å².